The van der Waals surface area contributed by atoms with Crippen LogP contribution in [0.25, 0.3) is 11.3 Å². The predicted octanol–water partition coefficient (Wildman–Crippen LogP) is 4.45. The van der Waals surface area contributed by atoms with Crippen molar-refractivity contribution in [2.45, 2.75) is 57.0 Å². The molecule has 0 aliphatic carbocycles. The monoisotopic (exact) mass is 882 g/mol. The molecule has 4 fully saturated rings. The number of para-hydroxylation sites is 1. The van der Waals surface area contributed by atoms with Crippen LogP contribution in [0.2, 0.25) is 0 Å². The molecule has 7 heterocycles. The molecule has 10 rings (SSSR count). The highest BCUT2D eigenvalue weighted by Gasteiger charge is 2.45. The zero-order valence-electron chi connectivity index (χ0n) is 36.8. The van der Waals surface area contributed by atoms with Crippen LogP contribution in [-0.2, 0) is 9.59 Å². The quantitative estimate of drug-likeness (QED) is 0.171. The van der Waals surface area contributed by atoms with Crippen molar-refractivity contribution in [3.05, 3.63) is 89.5 Å². The zero-order valence-corrected chi connectivity index (χ0v) is 36.8. The molecule has 0 saturated carbocycles. The summed E-state index contributed by atoms with van der Waals surface area (Å²) in [5.41, 5.74) is 9.44. The number of piperazine rings is 1. The molecule has 0 bridgehead atoms. The van der Waals surface area contributed by atoms with Gasteiger partial charge >= 0.3 is 0 Å². The van der Waals surface area contributed by atoms with E-state index in [1.54, 1.807) is 12.1 Å². The first-order valence-electron chi connectivity index (χ1n) is 23.4. The van der Waals surface area contributed by atoms with Crippen LogP contribution in [0.4, 0.5) is 11.5 Å². The number of aromatic nitrogens is 2. The van der Waals surface area contributed by atoms with E-state index in [4.69, 9.17) is 15.6 Å². The molecule has 6 aliphatic rings. The number of anilines is 2. The van der Waals surface area contributed by atoms with Crippen molar-refractivity contribution in [3.8, 4) is 22.8 Å². The fourth-order valence-corrected chi connectivity index (χ4v) is 10.9. The number of rotatable bonds is 12. The lowest BCUT2D eigenvalue weighted by Crippen LogP contribution is -2.54. The molecule has 0 radical (unpaired) electrons. The highest BCUT2D eigenvalue weighted by Crippen LogP contribution is 2.41. The average molecular weight is 883 g/mol. The van der Waals surface area contributed by atoms with Crippen LogP contribution in [0, 0.1) is 11.8 Å². The average Bonchev–Trinajstić information content (AvgIpc) is 3.84. The van der Waals surface area contributed by atoms with Crippen LogP contribution >= 0.6 is 0 Å². The van der Waals surface area contributed by atoms with Gasteiger partial charge in [0.05, 0.1) is 17.2 Å². The second kappa shape index (κ2) is 18.4. The van der Waals surface area contributed by atoms with Crippen molar-refractivity contribution in [1.29, 1.82) is 0 Å². The lowest BCUT2D eigenvalue weighted by atomic mass is 9.86. The van der Waals surface area contributed by atoms with Crippen molar-refractivity contribution in [2.24, 2.45) is 17.6 Å². The molecule has 340 valence electrons. The second-order valence-corrected chi connectivity index (χ2v) is 18.5. The molecule has 3 aromatic carbocycles. The summed E-state index contributed by atoms with van der Waals surface area (Å²) in [5.74, 6) is 0.990. The third kappa shape index (κ3) is 8.86. The number of nitrogens with zero attached hydrogens (tertiary/aromatic N) is 7. The molecule has 1 aromatic heterocycles. The van der Waals surface area contributed by atoms with E-state index in [0.717, 1.165) is 126 Å². The number of amides is 5. The summed E-state index contributed by atoms with van der Waals surface area (Å²) < 4.78 is 8.06. The van der Waals surface area contributed by atoms with Crippen LogP contribution in [0.5, 0.6) is 11.5 Å². The summed E-state index contributed by atoms with van der Waals surface area (Å²) in [7, 11) is 0. The van der Waals surface area contributed by atoms with Crippen LogP contribution < -0.4 is 26.0 Å². The van der Waals surface area contributed by atoms with Gasteiger partial charge in [-0.25, -0.2) is 4.68 Å². The van der Waals surface area contributed by atoms with Crippen molar-refractivity contribution in [2.75, 3.05) is 88.8 Å². The maximum absolute atomic E-state index is 13.4. The van der Waals surface area contributed by atoms with E-state index in [0.29, 0.717) is 40.0 Å². The maximum atomic E-state index is 13.4. The fourth-order valence-electron chi connectivity index (χ4n) is 10.9. The van der Waals surface area contributed by atoms with Gasteiger partial charge in [-0.2, -0.15) is 5.10 Å². The fraction of sp³-hybridized carbons (Fsp3) is 0.469. The summed E-state index contributed by atoms with van der Waals surface area (Å²) in [4.78, 5) is 74.6. The maximum Gasteiger partial charge on any atom is 0.262 e. The Hall–Kier alpha value is -6.10. The zero-order chi connectivity index (χ0) is 44.6. The predicted molar refractivity (Wildman–Crippen MR) is 245 cm³/mol. The topological polar surface area (TPSA) is 179 Å². The third-order valence-electron chi connectivity index (χ3n) is 14.6. The highest BCUT2D eigenvalue weighted by atomic mass is 16.5. The number of likely N-dealkylation sites (tertiary alicyclic amines) is 2. The number of carbonyl (C=O) groups is 5. The number of benzene rings is 3. The minimum absolute atomic E-state index is 0.100. The molecule has 65 heavy (non-hydrogen) atoms. The SMILES string of the molecule is NC(=O)c1c(-c2ccc(Oc3ccccc3)cc2)nn2c1NCCC2C1CCN(CC2CCN(CCN3CCN(c4ccc5c(c4)C(=O)N(C4CCC(=O)NC4=O)C5=O)CC3)CC2)CC1. The smallest absolute Gasteiger partial charge is 0.262 e. The Morgan fingerprint density at radius 2 is 1.40 bits per heavy atom. The van der Waals surface area contributed by atoms with Gasteiger partial charge in [-0.3, -0.25) is 39.1 Å². The van der Waals surface area contributed by atoms with Crippen LogP contribution in [0.1, 0.15) is 82.1 Å². The number of ether oxygens (including phenoxy) is 1. The first-order chi connectivity index (χ1) is 31.7. The van der Waals surface area contributed by atoms with Crippen molar-refractivity contribution >= 4 is 41.0 Å². The first-order valence-corrected chi connectivity index (χ1v) is 23.4. The summed E-state index contributed by atoms with van der Waals surface area (Å²) >= 11 is 0. The number of imide groups is 2. The van der Waals surface area contributed by atoms with Gasteiger partial charge in [0.15, 0.2) is 0 Å². The molecule has 4 saturated heterocycles. The van der Waals surface area contributed by atoms with E-state index >= 15 is 0 Å². The van der Waals surface area contributed by atoms with Gasteiger partial charge in [0.1, 0.15) is 34.6 Å². The third-order valence-corrected chi connectivity index (χ3v) is 14.6. The van der Waals surface area contributed by atoms with E-state index in [2.05, 4.69) is 34.9 Å². The number of nitrogens with two attached hydrogens (primary N) is 1. The van der Waals surface area contributed by atoms with Gasteiger partial charge in [-0.15, -0.1) is 0 Å². The largest absolute Gasteiger partial charge is 0.457 e. The first kappa shape index (κ1) is 42.8. The molecule has 2 atom stereocenters. The van der Waals surface area contributed by atoms with Crippen molar-refractivity contribution in [3.63, 3.8) is 0 Å². The second-order valence-electron chi connectivity index (χ2n) is 18.5. The molecule has 4 N–H and O–H groups in total. The van der Waals surface area contributed by atoms with Gasteiger partial charge in [0.25, 0.3) is 17.7 Å². The van der Waals surface area contributed by atoms with E-state index in [1.165, 1.54) is 12.8 Å². The van der Waals surface area contributed by atoms with E-state index in [-0.39, 0.29) is 24.8 Å². The van der Waals surface area contributed by atoms with E-state index in [1.807, 2.05) is 60.7 Å². The van der Waals surface area contributed by atoms with Gasteiger partial charge in [0.2, 0.25) is 11.8 Å². The Morgan fingerprint density at radius 1 is 0.723 bits per heavy atom. The molecular weight excluding hydrogens is 825 g/mol. The Kier molecular flexibility index (Phi) is 12.1. The van der Waals surface area contributed by atoms with Gasteiger partial charge in [-0.1, -0.05) is 18.2 Å². The molecule has 4 aromatic rings. The van der Waals surface area contributed by atoms with Crippen molar-refractivity contribution in [1.82, 2.24) is 34.7 Å². The summed E-state index contributed by atoms with van der Waals surface area (Å²) in [6, 6.07) is 22.0. The van der Waals surface area contributed by atoms with Crippen LogP contribution in [0.3, 0.4) is 0 Å². The standard InChI is InChI=1S/C49H58N10O6/c50-45(61)43-44(34-6-9-37(10-7-34)65-36-4-2-1-3-5-36)53-59-40(14-19-51-46(43)59)33-17-22-56(23-18-33)31-32-15-20-54(21-16-32)24-25-55-26-28-57(29-27-55)35-8-11-38-39(30-35)49(64)58(48(38)63)41-12-13-42(60)52-47(41)62/h1-11,30,32-33,40-41,51H,12-29,31H2,(H2,50,61)(H,52,60,62). The summed E-state index contributed by atoms with van der Waals surface area (Å²) in [6.45, 7) is 11.9. The number of carbonyl (C=O) groups excluding carboxylic acids is 5. The lowest BCUT2D eigenvalue weighted by Gasteiger charge is -2.41. The number of nitrogens with one attached hydrogen (secondary N) is 2. The highest BCUT2D eigenvalue weighted by molar-refractivity contribution is 6.23. The molecule has 0 spiro atoms. The molecule has 6 aliphatic heterocycles. The molecule has 16 nitrogen and oxygen atoms in total. The minimum atomic E-state index is -0.963. The van der Waals surface area contributed by atoms with Crippen LogP contribution in [-0.4, -0.2) is 143 Å². The van der Waals surface area contributed by atoms with Gasteiger partial charge in [0, 0.05) is 70.0 Å². The summed E-state index contributed by atoms with van der Waals surface area (Å²) in [5, 5.41) is 10.8. The Labute approximate surface area is 379 Å². The Morgan fingerprint density at radius 3 is 2.11 bits per heavy atom. The molecule has 2 unspecified atom stereocenters. The number of fused-ring (bicyclic) bond motifs is 2. The van der Waals surface area contributed by atoms with Crippen molar-refractivity contribution < 1.29 is 28.7 Å². The van der Waals surface area contributed by atoms with Crippen LogP contribution in [0.15, 0.2) is 72.8 Å². The lowest BCUT2D eigenvalue weighted by molar-refractivity contribution is -0.136. The Bertz CT molecular complexity index is 2430. The summed E-state index contributed by atoms with van der Waals surface area (Å²) in [6.07, 6.45) is 5.86. The minimum Gasteiger partial charge on any atom is -0.457 e. The van der Waals surface area contributed by atoms with E-state index in [9.17, 15) is 24.0 Å². The normalized spacial score (nSPS) is 22.7. The number of piperidine rings is 3. The van der Waals surface area contributed by atoms with E-state index < -0.39 is 29.7 Å². The number of primary amides is 1. The molecule has 5 amide bonds. The number of hydrogen-bond donors (Lipinski definition) is 3. The molecule has 16 heteroatoms. The molecular formula is C49H58N10O6. The van der Waals surface area contributed by atoms with Gasteiger partial charge < -0.3 is 30.5 Å². The Balaban J connectivity index is 0.661. The number of hydrogen-bond acceptors (Lipinski definition) is 12. The van der Waals surface area contributed by atoms with Gasteiger partial charge in [-0.05, 0) is 131 Å².